The fourth-order valence-corrected chi connectivity index (χ4v) is 9.90. The van der Waals surface area contributed by atoms with E-state index >= 15 is 0 Å². The van der Waals surface area contributed by atoms with Crippen molar-refractivity contribution in [3.8, 4) is 0 Å². The predicted molar refractivity (Wildman–Crippen MR) is 161 cm³/mol. The molecule has 41 heavy (non-hydrogen) atoms. The van der Waals surface area contributed by atoms with E-state index in [9.17, 15) is 9.59 Å². The molecule has 0 spiro atoms. The van der Waals surface area contributed by atoms with E-state index in [4.69, 9.17) is 9.47 Å². The molecule has 1 aromatic carbocycles. The van der Waals surface area contributed by atoms with Crippen molar-refractivity contribution in [3.05, 3.63) is 58.9 Å². The Hall–Kier alpha value is -2.56. The number of hydrogen-bond donors (Lipinski definition) is 1. The van der Waals surface area contributed by atoms with Gasteiger partial charge in [-0.15, -0.1) is 0 Å². The number of fused-ring (bicyclic) bond motifs is 7. The van der Waals surface area contributed by atoms with Gasteiger partial charge >= 0.3 is 5.97 Å². The highest BCUT2D eigenvalue weighted by molar-refractivity contribution is 5.89. The van der Waals surface area contributed by atoms with Crippen molar-refractivity contribution < 1.29 is 19.1 Å². The van der Waals surface area contributed by atoms with Gasteiger partial charge in [0.25, 0.3) is 0 Å². The second-order valence-electron chi connectivity index (χ2n) is 14.5. The molecule has 6 rings (SSSR count). The highest BCUT2D eigenvalue weighted by Crippen LogP contribution is 2.69. The van der Waals surface area contributed by atoms with Crippen LogP contribution < -0.4 is 5.32 Å². The lowest BCUT2D eigenvalue weighted by Crippen LogP contribution is -2.50. The maximum absolute atomic E-state index is 12.7. The van der Waals surface area contributed by atoms with Crippen molar-refractivity contribution in [1.29, 1.82) is 0 Å². The number of carbonyl (C=O) groups is 2. The van der Waals surface area contributed by atoms with Crippen LogP contribution in [-0.4, -0.2) is 30.6 Å². The lowest BCUT2D eigenvalue weighted by molar-refractivity contribution is -0.119. The summed E-state index contributed by atoms with van der Waals surface area (Å²) in [5.74, 6) is 4.21. The van der Waals surface area contributed by atoms with Gasteiger partial charge in [-0.1, -0.05) is 50.6 Å². The molecule has 3 fully saturated rings. The van der Waals surface area contributed by atoms with Crippen LogP contribution >= 0.6 is 0 Å². The molecule has 1 N–H and O–H groups in total. The summed E-state index contributed by atoms with van der Waals surface area (Å²) in [6.45, 7) is 12.0. The Morgan fingerprint density at radius 3 is 2.66 bits per heavy atom. The van der Waals surface area contributed by atoms with Crippen LogP contribution in [0, 0.1) is 40.4 Å². The molecule has 3 saturated carbocycles. The van der Waals surface area contributed by atoms with E-state index in [-0.39, 0.29) is 23.4 Å². The summed E-state index contributed by atoms with van der Waals surface area (Å²) >= 11 is 0. The molecular formula is C36H49NO4. The molecule has 1 aliphatic heterocycles. The Morgan fingerprint density at radius 1 is 1.12 bits per heavy atom. The zero-order valence-corrected chi connectivity index (χ0v) is 25.7. The fraction of sp³-hybridized carbons (Fsp3) is 0.667. The quantitative estimate of drug-likeness (QED) is 0.276. The minimum Gasteiger partial charge on any atom is -0.494 e. The third-order valence-corrected chi connectivity index (χ3v) is 12.1. The third kappa shape index (κ3) is 5.06. The zero-order chi connectivity index (χ0) is 28.9. The van der Waals surface area contributed by atoms with E-state index < -0.39 is 0 Å². The van der Waals surface area contributed by atoms with Gasteiger partial charge in [-0.25, -0.2) is 4.79 Å². The molecule has 1 heterocycles. The molecule has 9 atom stereocenters. The minimum atomic E-state index is -0.190. The van der Waals surface area contributed by atoms with Crippen molar-refractivity contribution >= 4 is 11.9 Å². The fourth-order valence-electron chi connectivity index (χ4n) is 9.90. The standard InChI is InChI=1S/C36H49NO4/c1-22(21-37-24(3)38)11-14-31-23(2)33-32(41-31)20-30-28-13-12-26-19-27(40-34(39)25-9-7-6-8-10-25)15-17-35(26,4)29(28)16-18-36(30,33)5/h6-10,12,22,27-30,32-33H,11,13-21H2,1-5H3,(H,37,38)/t22-,27+,28-,29+,30+,32+,33+,35+,36+/m1/s1. The molecule has 0 unspecified atom stereocenters. The Bertz CT molecular complexity index is 1240. The number of nitrogens with one attached hydrogen (secondary N) is 1. The average Bonchev–Trinajstić information content (AvgIpc) is 3.44. The summed E-state index contributed by atoms with van der Waals surface area (Å²) in [7, 11) is 0. The summed E-state index contributed by atoms with van der Waals surface area (Å²) in [4.78, 5) is 24.0. The van der Waals surface area contributed by atoms with Crippen LogP contribution in [0.15, 0.2) is 53.3 Å². The van der Waals surface area contributed by atoms with Crippen molar-refractivity contribution in [1.82, 2.24) is 5.32 Å². The van der Waals surface area contributed by atoms with Crippen LogP contribution in [0.4, 0.5) is 0 Å². The van der Waals surface area contributed by atoms with Gasteiger partial charge in [-0.3, -0.25) is 4.79 Å². The number of carbonyl (C=O) groups excluding carboxylic acids is 2. The summed E-state index contributed by atoms with van der Waals surface area (Å²) in [6, 6.07) is 9.40. The van der Waals surface area contributed by atoms with Crippen LogP contribution in [0.2, 0.25) is 0 Å². The topological polar surface area (TPSA) is 64.6 Å². The Balaban J connectivity index is 1.12. The highest BCUT2D eigenvalue weighted by Gasteiger charge is 2.63. The number of amides is 1. The second kappa shape index (κ2) is 10.9. The summed E-state index contributed by atoms with van der Waals surface area (Å²) in [5, 5.41) is 2.96. The minimum absolute atomic E-state index is 0.0150. The van der Waals surface area contributed by atoms with E-state index in [1.54, 1.807) is 12.5 Å². The summed E-state index contributed by atoms with van der Waals surface area (Å²) < 4.78 is 12.8. The molecule has 0 radical (unpaired) electrons. The molecule has 5 heteroatoms. The first-order valence-electron chi connectivity index (χ1n) is 16.2. The van der Waals surface area contributed by atoms with Crippen LogP contribution in [0.3, 0.4) is 0 Å². The predicted octanol–water partition coefficient (Wildman–Crippen LogP) is 7.63. The first kappa shape index (κ1) is 28.6. The molecule has 1 amide bonds. The van der Waals surface area contributed by atoms with E-state index in [0.717, 1.165) is 45.1 Å². The zero-order valence-electron chi connectivity index (χ0n) is 25.7. The molecule has 0 aromatic heterocycles. The lowest BCUT2D eigenvalue weighted by atomic mass is 9.47. The molecule has 1 aromatic rings. The maximum Gasteiger partial charge on any atom is 0.338 e. The number of esters is 1. The smallest absolute Gasteiger partial charge is 0.338 e. The number of benzene rings is 1. The Kier molecular flexibility index (Phi) is 7.61. The molecule has 5 nitrogen and oxygen atoms in total. The Labute approximate surface area is 246 Å². The molecule has 222 valence electrons. The van der Waals surface area contributed by atoms with Crippen molar-refractivity contribution in [2.45, 2.75) is 105 Å². The molecular weight excluding hydrogens is 510 g/mol. The van der Waals surface area contributed by atoms with Crippen molar-refractivity contribution in [3.63, 3.8) is 0 Å². The van der Waals surface area contributed by atoms with Crippen LogP contribution in [0.1, 0.15) is 103 Å². The molecule has 4 aliphatic carbocycles. The van der Waals surface area contributed by atoms with Gasteiger partial charge < -0.3 is 14.8 Å². The van der Waals surface area contributed by atoms with Gasteiger partial charge in [-0.05, 0) is 104 Å². The van der Waals surface area contributed by atoms with Gasteiger partial charge in [0.2, 0.25) is 5.91 Å². The normalized spacial score (nSPS) is 38.0. The highest BCUT2D eigenvalue weighted by atomic mass is 16.5. The Morgan fingerprint density at radius 2 is 1.90 bits per heavy atom. The second-order valence-corrected chi connectivity index (χ2v) is 14.5. The SMILES string of the molecule is CC(=O)NC[C@H](C)CCC1=C(C)[C@H]2[C@H](C[C@H]3[C@@H]4CC=C5C[C@@H](OC(=O)c6ccccc6)CC[C@]5(C)[C@H]4CC[C@@]32C)O1. The number of rotatable bonds is 7. The summed E-state index contributed by atoms with van der Waals surface area (Å²) in [5.41, 5.74) is 4.22. The van der Waals surface area contributed by atoms with Crippen LogP contribution in [0.5, 0.6) is 0 Å². The number of allylic oxidation sites excluding steroid dienone is 2. The number of hydrogen-bond acceptors (Lipinski definition) is 4. The first-order chi connectivity index (χ1) is 19.6. The van der Waals surface area contributed by atoms with Gasteiger partial charge in [0.15, 0.2) is 0 Å². The van der Waals surface area contributed by atoms with Crippen molar-refractivity contribution in [2.24, 2.45) is 40.4 Å². The van der Waals surface area contributed by atoms with Gasteiger partial charge in [0, 0.05) is 32.2 Å². The third-order valence-electron chi connectivity index (χ3n) is 12.1. The van der Waals surface area contributed by atoms with Crippen LogP contribution in [-0.2, 0) is 14.3 Å². The monoisotopic (exact) mass is 559 g/mol. The molecule has 0 saturated heterocycles. The van der Waals surface area contributed by atoms with Gasteiger partial charge in [0.05, 0.1) is 11.3 Å². The van der Waals surface area contributed by atoms with Crippen molar-refractivity contribution in [2.75, 3.05) is 6.54 Å². The molecule has 0 bridgehead atoms. The van der Waals surface area contributed by atoms with Crippen LogP contribution in [0.25, 0.3) is 0 Å². The number of ether oxygens (including phenoxy) is 2. The van der Waals surface area contributed by atoms with Gasteiger partial charge in [-0.2, -0.15) is 0 Å². The summed E-state index contributed by atoms with van der Waals surface area (Å²) in [6.07, 6.45) is 12.8. The van der Waals surface area contributed by atoms with E-state index in [1.807, 2.05) is 30.3 Å². The average molecular weight is 560 g/mol. The largest absolute Gasteiger partial charge is 0.494 e. The van der Waals surface area contributed by atoms with Gasteiger partial charge in [0.1, 0.15) is 12.2 Å². The van der Waals surface area contributed by atoms with E-state index in [1.165, 1.54) is 30.6 Å². The molecule has 5 aliphatic rings. The van der Waals surface area contributed by atoms with E-state index in [0.29, 0.717) is 46.7 Å². The first-order valence-corrected chi connectivity index (χ1v) is 16.2. The maximum atomic E-state index is 12.7. The van der Waals surface area contributed by atoms with E-state index in [2.05, 4.69) is 39.1 Å². The lowest BCUT2D eigenvalue weighted by Gasteiger charge is -2.58.